The van der Waals surface area contributed by atoms with Crippen molar-refractivity contribution in [3.8, 4) is 10.0 Å². The SMILES string of the molecule is Cc1ccc(C=NC[C@@H]2N=C(c3ccc(Cl)cc3)c3c(sc(C)c3C)-n3c(C)nnc32)cc1.Cc1sc2c(c1C)C(c1ccc(Cl)cc1)=N[C@@H](CC(=O)NCCc1ccc(B(O)O)cc1)c1nnc(C)n1-2. The summed E-state index contributed by atoms with van der Waals surface area (Å²) in [4.78, 5) is 30.6. The fourth-order valence-electron chi connectivity index (χ4n) is 8.61. The van der Waals surface area contributed by atoms with E-state index >= 15 is 0 Å². The molecule has 18 heteroatoms. The number of fused-ring (bicyclic) bond motifs is 6. The second-order valence-electron chi connectivity index (χ2n) is 17.6. The molecule has 2 aliphatic rings. The van der Waals surface area contributed by atoms with Gasteiger partial charge in [0.1, 0.15) is 33.7 Å². The van der Waals surface area contributed by atoms with Gasteiger partial charge in [-0.3, -0.25) is 28.9 Å². The fraction of sp³-hybridized carbons (Fsp3) is 0.245. The number of nitrogens with one attached hydrogen (secondary N) is 1. The van der Waals surface area contributed by atoms with Gasteiger partial charge in [-0.2, -0.15) is 0 Å². The summed E-state index contributed by atoms with van der Waals surface area (Å²) in [7, 11) is -1.50. The van der Waals surface area contributed by atoms with Gasteiger partial charge in [-0.25, -0.2) is 0 Å². The number of hydrogen-bond donors (Lipinski definition) is 3. The molecule has 6 heterocycles. The Labute approximate surface area is 430 Å². The Morgan fingerprint density at radius 3 is 1.68 bits per heavy atom. The maximum atomic E-state index is 13.1. The van der Waals surface area contributed by atoms with Gasteiger partial charge in [0.05, 0.1) is 24.4 Å². The first-order valence-corrected chi connectivity index (χ1v) is 25.5. The van der Waals surface area contributed by atoms with Crippen LogP contribution in [0.1, 0.15) is 102 Å². The van der Waals surface area contributed by atoms with E-state index in [-0.39, 0.29) is 18.4 Å². The van der Waals surface area contributed by atoms with Crippen molar-refractivity contribution in [2.24, 2.45) is 15.0 Å². The molecule has 0 bridgehead atoms. The molecule has 0 unspecified atom stereocenters. The van der Waals surface area contributed by atoms with E-state index in [1.165, 1.54) is 20.9 Å². The summed E-state index contributed by atoms with van der Waals surface area (Å²) in [5.41, 5.74) is 12.0. The minimum Gasteiger partial charge on any atom is -0.423 e. The zero-order valence-electron chi connectivity index (χ0n) is 40.3. The van der Waals surface area contributed by atoms with Gasteiger partial charge in [-0.1, -0.05) is 102 Å². The molecule has 4 aromatic heterocycles. The van der Waals surface area contributed by atoms with Crippen molar-refractivity contribution in [1.82, 2.24) is 34.8 Å². The number of carbonyl (C=O) groups is 1. The maximum absolute atomic E-state index is 13.1. The molecule has 13 nitrogen and oxygen atoms in total. The first kappa shape index (κ1) is 49.6. The molecule has 4 aromatic carbocycles. The van der Waals surface area contributed by atoms with Crippen molar-refractivity contribution in [2.45, 2.75) is 73.4 Å². The number of carbonyl (C=O) groups excluding carboxylic acids is 1. The van der Waals surface area contributed by atoms with Crippen molar-refractivity contribution in [3.05, 3.63) is 190 Å². The third-order valence-corrected chi connectivity index (χ3v) is 15.6. The van der Waals surface area contributed by atoms with E-state index in [9.17, 15) is 14.8 Å². The summed E-state index contributed by atoms with van der Waals surface area (Å²) in [6.07, 6.45) is 2.64. The van der Waals surface area contributed by atoms with Gasteiger partial charge in [0, 0.05) is 54.8 Å². The van der Waals surface area contributed by atoms with Crippen LogP contribution >= 0.6 is 45.9 Å². The van der Waals surface area contributed by atoms with E-state index < -0.39 is 13.2 Å². The van der Waals surface area contributed by atoms with Crippen LogP contribution in [-0.4, -0.2) is 83.3 Å². The predicted octanol–water partition coefficient (Wildman–Crippen LogP) is 9.46. The molecule has 0 fully saturated rings. The third kappa shape index (κ3) is 10.5. The first-order chi connectivity index (χ1) is 34.1. The number of thiophene rings is 2. The Bertz CT molecular complexity index is 3340. The monoisotopic (exact) mass is 1020 g/mol. The van der Waals surface area contributed by atoms with E-state index in [4.69, 9.17) is 38.2 Å². The van der Waals surface area contributed by atoms with Crippen molar-refractivity contribution in [3.63, 3.8) is 0 Å². The highest BCUT2D eigenvalue weighted by Crippen LogP contribution is 2.41. The second-order valence-corrected chi connectivity index (χ2v) is 20.9. The van der Waals surface area contributed by atoms with Gasteiger partial charge in [0.25, 0.3) is 0 Å². The van der Waals surface area contributed by atoms with E-state index in [0.29, 0.717) is 40.8 Å². The Kier molecular flexibility index (Phi) is 14.8. The van der Waals surface area contributed by atoms with Gasteiger partial charge in [0.15, 0.2) is 11.6 Å². The molecule has 3 N–H and O–H groups in total. The number of rotatable bonds is 11. The summed E-state index contributed by atoms with van der Waals surface area (Å²) in [5.74, 6) is 2.92. The zero-order chi connectivity index (χ0) is 50.1. The molecular formula is C53H51BCl2N10O3S2. The molecule has 71 heavy (non-hydrogen) atoms. The van der Waals surface area contributed by atoms with Gasteiger partial charge >= 0.3 is 7.12 Å². The number of benzene rings is 4. The lowest BCUT2D eigenvalue weighted by atomic mass is 9.80. The predicted molar refractivity (Wildman–Crippen MR) is 288 cm³/mol. The number of hydrogen-bond acceptors (Lipinski definition) is 12. The van der Waals surface area contributed by atoms with Crippen LogP contribution in [0.25, 0.3) is 10.0 Å². The van der Waals surface area contributed by atoms with Crippen molar-refractivity contribution < 1.29 is 14.8 Å². The molecule has 0 aliphatic carbocycles. The summed E-state index contributed by atoms with van der Waals surface area (Å²) < 4.78 is 4.18. The number of amides is 1. The highest BCUT2D eigenvalue weighted by molar-refractivity contribution is 7.15. The van der Waals surface area contributed by atoms with Gasteiger partial charge in [-0.15, -0.1) is 43.1 Å². The lowest BCUT2D eigenvalue weighted by molar-refractivity contribution is -0.121. The smallest absolute Gasteiger partial charge is 0.423 e. The number of aliphatic imine (C=N–C) groups is 3. The van der Waals surface area contributed by atoms with Gasteiger partial charge in [-0.05, 0) is 107 Å². The molecule has 8 aromatic rings. The Morgan fingerprint density at radius 2 is 1.17 bits per heavy atom. The largest absolute Gasteiger partial charge is 0.488 e. The molecular weight excluding hydrogens is 971 g/mol. The minimum absolute atomic E-state index is 0.123. The van der Waals surface area contributed by atoms with Crippen LogP contribution in [0.15, 0.2) is 112 Å². The highest BCUT2D eigenvalue weighted by atomic mass is 35.5. The van der Waals surface area contributed by atoms with Crippen LogP contribution < -0.4 is 10.8 Å². The summed E-state index contributed by atoms with van der Waals surface area (Å²) in [5, 5.41) is 42.7. The average Bonchev–Trinajstić information content (AvgIpc) is 4.05. The van der Waals surface area contributed by atoms with Crippen LogP contribution in [0.4, 0.5) is 0 Å². The quantitative estimate of drug-likeness (QED) is 0.0857. The van der Waals surface area contributed by atoms with E-state index in [0.717, 1.165) is 77.8 Å². The summed E-state index contributed by atoms with van der Waals surface area (Å²) >= 11 is 15.8. The van der Waals surface area contributed by atoms with Crippen LogP contribution in [0.2, 0.25) is 10.0 Å². The van der Waals surface area contributed by atoms with Crippen molar-refractivity contribution in [2.75, 3.05) is 13.1 Å². The number of nitrogens with zero attached hydrogens (tertiary/aromatic N) is 9. The highest BCUT2D eigenvalue weighted by Gasteiger charge is 2.34. The topological polar surface area (TPSA) is 168 Å². The van der Waals surface area contributed by atoms with E-state index in [1.54, 1.807) is 34.8 Å². The zero-order valence-corrected chi connectivity index (χ0v) is 43.4. The normalized spacial score (nSPS) is 14.8. The fourth-order valence-corrected chi connectivity index (χ4v) is 11.3. The van der Waals surface area contributed by atoms with Crippen LogP contribution in [0.5, 0.6) is 0 Å². The van der Waals surface area contributed by atoms with Crippen LogP contribution in [0, 0.1) is 48.5 Å². The minimum atomic E-state index is -1.50. The lowest BCUT2D eigenvalue weighted by Crippen LogP contribution is -2.30. The summed E-state index contributed by atoms with van der Waals surface area (Å²) in [6.45, 7) is 15.4. The molecule has 10 rings (SSSR count). The lowest BCUT2D eigenvalue weighted by Gasteiger charge is -2.13. The van der Waals surface area contributed by atoms with Gasteiger partial charge < -0.3 is 15.4 Å². The van der Waals surface area contributed by atoms with Crippen LogP contribution in [0.3, 0.4) is 0 Å². The maximum Gasteiger partial charge on any atom is 0.488 e. The first-order valence-electron chi connectivity index (χ1n) is 23.2. The average molecular weight is 1020 g/mol. The molecule has 360 valence electrons. The molecule has 0 spiro atoms. The number of aryl methyl sites for hydroxylation is 5. The standard InChI is InChI=1S/C27H27BClN5O3S.C26H24ClN5S/c1-15-16(2)38-27-24(15)25(19-6-10-21(29)11-7-19)31-22(26-33-32-17(3)34(26)27)14-23(35)30-13-12-18-4-8-20(9-5-18)28(36)37;1-15-5-7-19(8-6-15)13-28-14-22-25-31-30-18(4)32(25)26-23(16(2)17(3)33-26)24(29-22)20-9-11-21(27)12-10-20/h4-11,22,36-37H,12-14H2,1-3H3,(H,30,35);5-13,22H,14H2,1-4H3/t2*22-/m00/s1. The molecule has 0 saturated heterocycles. The Balaban J connectivity index is 0.000000177. The molecule has 2 atom stereocenters. The molecule has 0 radical (unpaired) electrons. The molecule has 0 saturated carbocycles. The number of halogens is 2. The van der Waals surface area contributed by atoms with E-state index in [1.807, 2.05) is 85.3 Å². The second kappa shape index (κ2) is 21.1. The van der Waals surface area contributed by atoms with Crippen LogP contribution in [-0.2, 0) is 11.2 Å². The number of aromatic nitrogens is 6. The third-order valence-electron chi connectivity index (χ3n) is 12.7. The summed E-state index contributed by atoms with van der Waals surface area (Å²) in [6, 6.07) is 30.0. The Morgan fingerprint density at radius 1 is 0.676 bits per heavy atom. The molecule has 1 amide bonds. The van der Waals surface area contributed by atoms with Crippen molar-refractivity contribution >= 4 is 82.0 Å². The molecule has 2 aliphatic heterocycles. The van der Waals surface area contributed by atoms with Gasteiger partial charge in [0.2, 0.25) is 5.91 Å². The Hall–Kier alpha value is -6.40. The van der Waals surface area contributed by atoms with Crippen molar-refractivity contribution in [1.29, 1.82) is 0 Å². The van der Waals surface area contributed by atoms with E-state index in [2.05, 4.69) is 89.2 Å².